The molecule has 9 heavy (non-hydrogen) atoms. The molecule has 1 nitrogen and oxygen atoms in total. The fourth-order valence-electron chi connectivity index (χ4n) is 0.384. The molecule has 0 radical (unpaired) electrons. The highest BCUT2D eigenvalue weighted by molar-refractivity contribution is 7.78. The molecule has 2 N–H and O–H groups in total. The Morgan fingerprint density at radius 1 is 1.44 bits per heavy atom. The zero-order valence-corrected chi connectivity index (χ0v) is 6.91. The minimum Gasteiger partial charge on any atom is -0.396 e. The zero-order chi connectivity index (χ0) is 7.11. The summed E-state index contributed by atoms with van der Waals surface area (Å²) in [5.74, 6) is 0. The summed E-state index contributed by atoms with van der Waals surface area (Å²) in [6, 6.07) is 4.17. The average molecular weight is 160 g/mol. The van der Waals surface area contributed by atoms with E-state index in [0.717, 1.165) is 5.49 Å². The van der Waals surface area contributed by atoms with E-state index in [4.69, 9.17) is 0 Å². The van der Waals surface area contributed by atoms with Crippen molar-refractivity contribution in [3.05, 3.63) is 22.9 Å². The molecule has 1 rings (SSSR count). The molecule has 1 aromatic rings. The van der Waals surface area contributed by atoms with E-state index in [0.29, 0.717) is 10.5 Å². The van der Waals surface area contributed by atoms with Crippen molar-refractivity contribution in [1.82, 2.24) is 0 Å². The van der Waals surface area contributed by atoms with Crippen molar-refractivity contribution in [2.24, 2.45) is 12.0 Å². The third kappa shape index (κ3) is 5.46. The summed E-state index contributed by atoms with van der Waals surface area (Å²) >= 11 is 4.05. The van der Waals surface area contributed by atoms with Crippen LogP contribution in [-0.4, -0.2) is 5.49 Å². The largest absolute Gasteiger partial charge is 0.396 e. The Morgan fingerprint density at radius 3 is 1.89 bits per heavy atom. The number of aryl methyl sites for hydroxylation is 1. The molecule has 0 spiro atoms. The molecule has 0 bridgehead atoms. The lowest BCUT2D eigenvalue weighted by Crippen LogP contribution is -1.79. The van der Waals surface area contributed by atoms with Crippen LogP contribution in [-0.2, 0) is 6.26 Å². The van der Waals surface area contributed by atoms with Gasteiger partial charge in [-0.15, -0.1) is 0 Å². The third-order valence-corrected chi connectivity index (χ3v) is 1.87. The maximum atomic E-state index is 4.54. The Morgan fingerprint density at radius 2 is 1.78 bits per heavy atom. The quantitative estimate of drug-likeness (QED) is 0.463. The van der Waals surface area contributed by atoms with Gasteiger partial charge in [0.2, 0.25) is 0 Å². The van der Waals surface area contributed by atoms with Crippen LogP contribution in [0.2, 0.25) is 0 Å². The predicted molar refractivity (Wildman–Crippen MR) is 47.7 cm³/mol. The summed E-state index contributed by atoms with van der Waals surface area (Å²) < 4.78 is 0. The fourth-order valence-corrected chi connectivity index (χ4v) is 1.15. The summed E-state index contributed by atoms with van der Waals surface area (Å²) in [5, 5.41) is 4.39. The van der Waals surface area contributed by atoms with E-state index in [1.165, 1.54) is 0 Å². The molecule has 0 atom stereocenters. The first-order valence-corrected chi connectivity index (χ1v) is 4.68. The van der Waals surface area contributed by atoms with E-state index in [2.05, 4.69) is 47.1 Å². The van der Waals surface area contributed by atoms with Crippen LogP contribution in [0.25, 0.3) is 0 Å². The molecule has 0 saturated carbocycles. The van der Waals surface area contributed by atoms with Crippen molar-refractivity contribution in [3.63, 3.8) is 0 Å². The van der Waals surface area contributed by atoms with Gasteiger partial charge in [0.1, 0.15) is 17.0 Å². The first-order chi connectivity index (χ1) is 4.31. The van der Waals surface area contributed by atoms with Gasteiger partial charge in [-0.2, -0.15) is 0 Å². The summed E-state index contributed by atoms with van der Waals surface area (Å²) in [5.41, 5.74) is 5.62. The molecule has 1 aromatic heterocycles. The van der Waals surface area contributed by atoms with Crippen LogP contribution in [0.3, 0.4) is 0 Å². The van der Waals surface area contributed by atoms with Crippen molar-refractivity contribution < 1.29 is 0 Å². The smallest absolute Gasteiger partial charge is 0.137 e. The maximum absolute atomic E-state index is 4.54. The SMILES string of the molecule is C[s+]1cccc1.NC=S. The fraction of sp³-hybridized carbons (Fsp3) is 0.167. The van der Waals surface area contributed by atoms with Crippen LogP contribution in [0.15, 0.2) is 22.9 Å². The van der Waals surface area contributed by atoms with E-state index in [-0.39, 0.29) is 0 Å². The van der Waals surface area contributed by atoms with Crippen LogP contribution < -0.4 is 5.73 Å². The monoisotopic (exact) mass is 160 g/mol. The Labute approximate surface area is 63.5 Å². The molecule has 50 valence electrons. The van der Waals surface area contributed by atoms with Crippen LogP contribution in [0.5, 0.6) is 0 Å². The highest BCUT2D eigenvalue weighted by Gasteiger charge is 1.84. The standard InChI is InChI=1S/C5H7S.CH3NS/c1-6-4-2-3-5-6;2-1-3/h2-5H,1H3;1H,(H2,2,3)/q+1;. The third-order valence-electron chi connectivity index (χ3n) is 0.698. The van der Waals surface area contributed by atoms with Gasteiger partial charge in [-0.25, -0.2) is 0 Å². The second-order valence-electron chi connectivity index (χ2n) is 1.40. The number of rotatable bonds is 0. The highest BCUT2D eigenvalue weighted by atomic mass is 32.2. The molecular weight excluding hydrogens is 150 g/mol. The Bertz CT molecular complexity index is 146. The Kier molecular flexibility index (Phi) is 5.46. The molecule has 0 aliphatic rings. The van der Waals surface area contributed by atoms with Crippen molar-refractivity contribution in [2.75, 3.05) is 0 Å². The number of thiocarbonyl (C=S) groups is 1. The molecule has 0 amide bonds. The van der Waals surface area contributed by atoms with Crippen molar-refractivity contribution in [3.8, 4) is 0 Å². The van der Waals surface area contributed by atoms with Gasteiger partial charge in [-0.3, -0.25) is 0 Å². The van der Waals surface area contributed by atoms with Crippen LogP contribution in [0.1, 0.15) is 0 Å². The van der Waals surface area contributed by atoms with Crippen molar-refractivity contribution >= 4 is 28.2 Å². The normalized spacial score (nSPS) is 7.22. The topological polar surface area (TPSA) is 26.0 Å². The molecule has 1 heterocycles. The molecule has 0 aromatic carbocycles. The molecule has 0 fully saturated rings. The van der Waals surface area contributed by atoms with Gasteiger partial charge in [-0.1, -0.05) is 12.2 Å². The predicted octanol–water partition coefficient (Wildman–Crippen LogP) is 1.88. The lowest BCUT2D eigenvalue weighted by molar-refractivity contribution is 1.93. The van der Waals surface area contributed by atoms with E-state index in [1.807, 2.05) is 0 Å². The van der Waals surface area contributed by atoms with Gasteiger partial charge in [0, 0.05) is 0 Å². The second-order valence-corrected chi connectivity index (χ2v) is 3.43. The molecule has 0 aliphatic carbocycles. The molecule has 0 aliphatic heterocycles. The van der Waals surface area contributed by atoms with E-state index in [1.54, 1.807) is 0 Å². The highest BCUT2D eigenvalue weighted by Crippen LogP contribution is 2.08. The van der Waals surface area contributed by atoms with E-state index in [9.17, 15) is 0 Å². The van der Waals surface area contributed by atoms with Gasteiger partial charge in [0.25, 0.3) is 0 Å². The number of hydrogen-bond donors (Lipinski definition) is 1. The average Bonchev–Trinajstić information content (AvgIpc) is 2.20. The molecule has 3 heteroatoms. The number of thiophene rings is 1. The van der Waals surface area contributed by atoms with Gasteiger partial charge < -0.3 is 5.73 Å². The van der Waals surface area contributed by atoms with Gasteiger partial charge in [0.05, 0.1) is 5.49 Å². The summed E-state index contributed by atoms with van der Waals surface area (Å²) in [4.78, 5) is 0. The second kappa shape index (κ2) is 5.72. The lowest BCUT2D eigenvalue weighted by atomic mass is 10.7. The molecular formula is C6H10NS2+. The van der Waals surface area contributed by atoms with Crippen molar-refractivity contribution in [1.29, 1.82) is 0 Å². The van der Waals surface area contributed by atoms with E-state index >= 15 is 0 Å². The van der Waals surface area contributed by atoms with Gasteiger partial charge in [0.15, 0.2) is 0 Å². The minimum absolute atomic E-state index is 0.466. The maximum Gasteiger partial charge on any atom is 0.137 e. The number of hydrogen-bond acceptors (Lipinski definition) is 1. The Hall–Kier alpha value is -0.410. The summed E-state index contributed by atoms with van der Waals surface area (Å²) in [6.45, 7) is 0. The van der Waals surface area contributed by atoms with Crippen LogP contribution >= 0.6 is 22.7 Å². The molecule has 0 unspecified atom stereocenters. The van der Waals surface area contributed by atoms with Crippen LogP contribution in [0, 0.1) is 0 Å². The minimum atomic E-state index is 0.466. The Balaban J connectivity index is 0.000000187. The first kappa shape index (κ1) is 8.59. The summed E-state index contributed by atoms with van der Waals surface area (Å²) in [6.07, 6.45) is 2.19. The van der Waals surface area contributed by atoms with Gasteiger partial charge >= 0.3 is 0 Å². The summed E-state index contributed by atoms with van der Waals surface area (Å²) in [7, 11) is 0.466. The first-order valence-electron chi connectivity index (χ1n) is 2.45. The van der Waals surface area contributed by atoms with Crippen LogP contribution in [0.4, 0.5) is 0 Å². The number of nitrogens with two attached hydrogens (primary N) is 1. The zero-order valence-electron chi connectivity index (χ0n) is 5.28. The lowest BCUT2D eigenvalue weighted by Gasteiger charge is -1.56. The van der Waals surface area contributed by atoms with Crippen molar-refractivity contribution in [2.45, 2.75) is 0 Å². The van der Waals surface area contributed by atoms with E-state index < -0.39 is 0 Å². The van der Waals surface area contributed by atoms with Gasteiger partial charge in [-0.05, 0) is 22.6 Å². The molecule has 0 saturated heterocycles.